The SMILES string of the molecule is c1ccc(-c2ccccc2-c2nnnc(-c3c(-c4ccccc4)ccc4c3-c3c5c(ccc3=N4)=c3ccccc3=N5)c2-c2ccccc2)cc1. The molecule has 0 atom stereocenters. The summed E-state index contributed by atoms with van der Waals surface area (Å²) in [5.74, 6) is 0. The highest BCUT2D eigenvalue weighted by atomic mass is 15.3. The van der Waals surface area contributed by atoms with E-state index in [-0.39, 0.29) is 0 Å². The predicted molar refractivity (Wildman–Crippen MR) is 198 cm³/mol. The molecule has 2 aliphatic heterocycles. The van der Waals surface area contributed by atoms with E-state index in [1.165, 1.54) is 0 Å². The van der Waals surface area contributed by atoms with Gasteiger partial charge in [0.25, 0.3) is 0 Å². The number of aromatic nitrogens is 3. The van der Waals surface area contributed by atoms with Crippen LogP contribution in [0.2, 0.25) is 0 Å². The van der Waals surface area contributed by atoms with E-state index >= 15 is 0 Å². The molecule has 50 heavy (non-hydrogen) atoms. The number of benzene rings is 7. The van der Waals surface area contributed by atoms with E-state index in [1.54, 1.807) is 0 Å². The molecule has 0 radical (unpaired) electrons. The average molecular weight is 638 g/mol. The van der Waals surface area contributed by atoms with Gasteiger partial charge >= 0.3 is 0 Å². The normalized spacial score (nSPS) is 11.9. The predicted octanol–water partition coefficient (Wildman–Crippen LogP) is 9.69. The first-order valence-corrected chi connectivity index (χ1v) is 16.7. The van der Waals surface area contributed by atoms with Crippen LogP contribution < -0.4 is 10.7 Å². The van der Waals surface area contributed by atoms with Gasteiger partial charge in [-0.1, -0.05) is 140 Å². The summed E-state index contributed by atoms with van der Waals surface area (Å²) in [6.45, 7) is 0. The first-order chi connectivity index (χ1) is 24.8. The summed E-state index contributed by atoms with van der Waals surface area (Å²) < 4.78 is 0. The molecular weight excluding hydrogens is 611 g/mol. The van der Waals surface area contributed by atoms with Crippen LogP contribution in [-0.4, -0.2) is 15.4 Å². The molecule has 7 aromatic carbocycles. The second-order valence-electron chi connectivity index (χ2n) is 12.5. The lowest BCUT2D eigenvalue weighted by Gasteiger charge is -2.20. The van der Waals surface area contributed by atoms with Crippen molar-refractivity contribution in [2.24, 2.45) is 9.98 Å². The Labute approximate surface area is 288 Å². The molecule has 0 fully saturated rings. The first kappa shape index (κ1) is 28.2. The lowest BCUT2D eigenvalue weighted by molar-refractivity contribution is 0.879. The molecule has 0 bridgehead atoms. The summed E-state index contributed by atoms with van der Waals surface area (Å²) in [7, 11) is 0. The van der Waals surface area contributed by atoms with Crippen molar-refractivity contribution in [2.75, 3.05) is 0 Å². The molecule has 0 unspecified atom stereocenters. The highest BCUT2D eigenvalue weighted by Crippen LogP contribution is 2.51. The summed E-state index contributed by atoms with van der Waals surface area (Å²) in [6, 6.07) is 56.7. The zero-order valence-electron chi connectivity index (χ0n) is 26.8. The summed E-state index contributed by atoms with van der Waals surface area (Å²) in [5, 5.41) is 18.4. The van der Waals surface area contributed by atoms with Crippen LogP contribution in [0.1, 0.15) is 0 Å². The third kappa shape index (κ3) is 4.37. The molecule has 5 heteroatoms. The van der Waals surface area contributed by atoms with E-state index in [0.717, 1.165) is 99.5 Å². The van der Waals surface area contributed by atoms with Gasteiger partial charge in [-0.2, -0.15) is 0 Å². The van der Waals surface area contributed by atoms with Crippen molar-refractivity contribution in [3.05, 3.63) is 185 Å². The molecule has 2 aliphatic rings. The molecule has 5 nitrogen and oxygen atoms in total. The fraction of sp³-hybridized carbons (Fsp3) is 0. The fourth-order valence-electron chi connectivity index (χ4n) is 7.47. The number of hydrogen-bond donors (Lipinski definition) is 0. The van der Waals surface area contributed by atoms with Gasteiger partial charge < -0.3 is 0 Å². The quantitative estimate of drug-likeness (QED) is 0.189. The molecule has 3 heterocycles. The van der Waals surface area contributed by atoms with Crippen LogP contribution in [0.3, 0.4) is 0 Å². The van der Waals surface area contributed by atoms with Gasteiger partial charge in [0, 0.05) is 38.3 Å². The van der Waals surface area contributed by atoms with E-state index in [1.807, 2.05) is 24.3 Å². The molecule has 0 N–H and O–H groups in total. The Morgan fingerprint density at radius 3 is 1.70 bits per heavy atom. The van der Waals surface area contributed by atoms with E-state index in [4.69, 9.17) is 20.2 Å². The largest absolute Gasteiger partial charge is 0.248 e. The summed E-state index contributed by atoms with van der Waals surface area (Å²) >= 11 is 0. The van der Waals surface area contributed by atoms with Crippen molar-refractivity contribution in [3.63, 3.8) is 0 Å². The Balaban J connectivity index is 1.34. The van der Waals surface area contributed by atoms with Gasteiger partial charge in [0.1, 0.15) is 11.4 Å². The minimum absolute atomic E-state index is 0.746. The molecule has 0 amide bonds. The number of hydrogen-bond acceptors (Lipinski definition) is 5. The maximum Gasteiger partial charge on any atom is 0.106 e. The highest BCUT2D eigenvalue weighted by Gasteiger charge is 2.30. The van der Waals surface area contributed by atoms with Crippen molar-refractivity contribution in [3.8, 4) is 67.0 Å². The molecule has 0 saturated heterocycles. The Morgan fingerprint density at radius 2 is 0.940 bits per heavy atom. The van der Waals surface area contributed by atoms with Gasteiger partial charge in [-0.05, 0) is 57.3 Å². The molecule has 8 aromatic rings. The van der Waals surface area contributed by atoms with E-state index in [2.05, 4.69) is 145 Å². The van der Waals surface area contributed by atoms with E-state index < -0.39 is 0 Å². The standard InChI is InChI=1S/C45H27N5/c1-4-14-28(15-5-1)31-20-10-11-22-34(31)44-39(30-18-8-3-9-19-30)45(49-50-48-44)40-32(29-16-6-2-7-17-29)24-26-37-41(40)42-38(46-37)27-25-35-33-21-12-13-23-36(33)47-43(35)42/h1-27H. The third-order valence-electron chi connectivity index (χ3n) is 9.67. The lowest BCUT2D eigenvalue weighted by atomic mass is 9.84. The number of rotatable bonds is 5. The van der Waals surface area contributed by atoms with E-state index in [0.29, 0.717) is 0 Å². The summed E-state index contributed by atoms with van der Waals surface area (Å²) in [4.78, 5) is 10.4. The van der Waals surface area contributed by atoms with Crippen molar-refractivity contribution in [2.45, 2.75) is 0 Å². The molecule has 0 saturated carbocycles. The zero-order valence-corrected chi connectivity index (χ0v) is 26.8. The van der Waals surface area contributed by atoms with Crippen molar-refractivity contribution < 1.29 is 0 Å². The van der Waals surface area contributed by atoms with Crippen LogP contribution in [0.25, 0.3) is 67.0 Å². The topological polar surface area (TPSA) is 63.4 Å². The minimum atomic E-state index is 0.746. The minimum Gasteiger partial charge on any atom is -0.248 e. The van der Waals surface area contributed by atoms with Gasteiger partial charge in [-0.15, -0.1) is 10.2 Å². The van der Waals surface area contributed by atoms with Crippen LogP contribution in [0.15, 0.2) is 174 Å². The van der Waals surface area contributed by atoms with Crippen molar-refractivity contribution >= 4 is 11.4 Å². The Morgan fingerprint density at radius 1 is 0.320 bits per heavy atom. The smallest absolute Gasteiger partial charge is 0.106 e. The Kier molecular flexibility index (Phi) is 6.42. The molecule has 0 aliphatic carbocycles. The van der Waals surface area contributed by atoms with Crippen molar-refractivity contribution in [1.29, 1.82) is 0 Å². The second-order valence-corrected chi connectivity index (χ2v) is 12.5. The summed E-state index contributed by atoms with van der Waals surface area (Å²) in [6.07, 6.45) is 0. The zero-order chi connectivity index (χ0) is 33.0. The van der Waals surface area contributed by atoms with Crippen LogP contribution in [0.5, 0.6) is 0 Å². The number of nitrogens with zero attached hydrogens (tertiary/aromatic N) is 5. The highest BCUT2D eigenvalue weighted by molar-refractivity contribution is 6.07. The maximum absolute atomic E-state index is 5.21. The maximum atomic E-state index is 5.21. The van der Waals surface area contributed by atoms with Crippen LogP contribution >= 0.6 is 0 Å². The Hall–Kier alpha value is -6.85. The molecule has 0 spiro atoms. The van der Waals surface area contributed by atoms with Gasteiger partial charge in [-0.3, -0.25) is 0 Å². The molecular formula is C45H27N5. The monoisotopic (exact) mass is 637 g/mol. The Bertz CT molecular complexity index is 2850. The van der Waals surface area contributed by atoms with Crippen molar-refractivity contribution in [1.82, 2.24) is 15.4 Å². The fourth-order valence-corrected chi connectivity index (χ4v) is 7.47. The van der Waals surface area contributed by atoms with Crippen LogP contribution in [0.4, 0.5) is 11.4 Å². The van der Waals surface area contributed by atoms with Gasteiger partial charge in [0.15, 0.2) is 0 Å². The van der Waals surface area contributed by atoms with Gasteiger partial charge in [0.05, 0.1) is 22.1 Å². The lowest BCUT2D eigenvalue weighted by Crippen LogP contribution is -2.05. The van der Waals surface area contributed by atoms with Gasteiger partial charge in [-0.25, -0.2) is 9.98 Å². The second kappa shape index (κ2) is 11.4. The molecule has 232 valence electrons. The first-order valence-electron chi connectivity index (χ1n) is 16.7. The number of para-hydroxylation sites is 1. The average Bonchev–Trinajstić information content (AvgIpc) is 3.77. The van der Waals surface area contributed by atoms with Crippen LogP contribution in [-0.2, 0) is 0 Å². The third-order valence-corrected chi connectivity index (χ3v) is 9.67. The van der Waals surface area contributed by atoms with Crippen LogP contribution in [0, 0.1) is 10.4 Å². The summed E-state index contributed by atoms with van der Waals surface area (Å²) in [5.41, 5.74) is 13.5. The molecule has 1 aromatic heterocycles. The van der Waals surface area contributed by atoms with Gasteiger partial charge in [0.2, 0.25) is 0 Å². The number of fused-ring (bicyclic) bond motifs is 6. The molecule has 10 rings (SSSR count). The van der Waals surface area contributed by atoms with E-state index in [9.17, 15) is 0 Å².